The molecule has 100 valence electrons. The summed E-state index contributed by atoms with van der Waals surface area (Å²) >= 11 is 5.79. The highest BCUT2D eigenvalue weighted by atomic mass is 35.5. The minimum absolute atomic E-state index is 0.142. The maximum Gasteiger partial charge on any atom is 0.229 e. The Labute approximate surface area is 116 Å². The molecule has 1 aromatic heterocycles. The van der Waals surface area contributed by atoms with Gasteiger partial charge < -0.3 is 11.1 Å². The third-order valence-corrected chi connectivity index (χ3v) is 3.06. The fraction of sp³-hybridized carbons (Fsp3) is 0.231. The average molecular weight is 279 g/mol. The fourth-order valence-corrected chi connectivity index (χ4v) is 1.91. The monoisotopic (exact) mass is 278 g/mol. The van der Waals surface area contributed by atoms with Gasteiger partial charge in [-0.25, -0.2) is 0 Å². The van der Waals surface area contributed by atoms with E-state index in [2.05, 4.69) is 10.4 Å². The molecule has 0 unspecified atom stereocenters. The number of nitrogens with one attached hydrogen (secondary N) is 1. The van der Waals surface area contributed by atoms with Gasteiger partial charge in [-0.05, 0) is 24.6 Å². The molecule has 1 heterocycles. The summed E-state index contributed by atoms with van der Waals surface area (Å²) in [4.78, 5) is 11.9. The molecule has 0 fully saturated rings. The molecule has 0 aliphatic heterocycles. The number of nitrogens with two attached hydrogens (primary N) is 1. The summed E-state index contributed by atoms with van der Waals surface area (Å²) in [5.41, 5.74) is 7.93. The summed E-state index contributed by atoms with van der Waals surface area (Å²) in [7, 11) is 1.74. The van der Waals surface area contributed by atoms with Crippen LogP contribution in [-0.2, 0) is 18.3 Å². The van der Waals surface area contributed by atoms with Crippen molar-refractivity contribution in [2.75, 3.05) is 11.1 Å². The zero-order chi connectivity index (χ0) is 14.0. The standard InChI is InChI=1S/C13H15ClN4O/c1-8-12(15)13(18(2)17-8)16-11(19)7-9-3-5-10(14)6-4-9/h3-6H,7,15H2,1-2H3,(H,16,19). The lowest BCUT2D eigenvalue weighted by Crippen LogP contribution is -2.17. The Balaban J connectivity index is 2.07. The van der Waals surface area contributed by atoms with E-state index in [1.807, 2.05) is 12.1 Å². The molecule has 0 bridgehead atoms. The molecule has 1 aromatic carbocycles. The molecule has 6 heteroatoms. The number of hydrogen-bond donors (Lipinski definition) is 2. The number of carbonyl (C=O) groups excluding carboxylic acids is 1. The fourth-order valence-electron chi connectivity index (χ4n) is 1.79. The van der Waals surface area contributed by atoms with Gasteiger partial charge in [0.05, 0.1) is 17.8 Å². The number of aryl methyl sites for hydroxylation is 2. The molecule has 0 saturated heterocycles. The van der Waals surface area contributed by atoms with Crippen LogP contribution in [0.4, 0.5) is 11.5 Å². The van der Waals surface area contributed by atoms with Gasteiger partial charge in [0.15, 0.2) is 5.82 Å². The van der Waals surface area contributed by atoms with Crippen LogP contribution in [0, 0.1) is 6.92 Å². The van der Waals surface area contributed by atoms with Crippen LogP contribution in [0.5, 0.6) is 0 Å². The van der Waals surface area contributed by atoms with Crippen molar-refractivity contribution in [3.63, 3.8) is 0 Å². The predicted molar refractivity (Wildman–Crippen MR) is 76.1 cm³/mol. The van der Waals surface area contributed by atoms with E-state index in [0.717, 1.165) is 5.56 Å². The minimum Gasteiger partial charge on any atom is -0.394 e. The first-order valence-corrected chi connectivity index (χ1v) is 6.18. The lowest BCUT2D eigenvalue weighted by atomic mass is 10.1. The summed E-state index contributed by atoms with van der Waals surface area (Å²) in [6, 6.07) is 7.15. The quantitative estimate of drug-likeness (QED) is 0.903. The highest BCUT2D eigenvalue weighted by Gasteiger charge is 2.13. The number of nitrogen functional groups attached to an aromatic ring is 1. The van der Waals surface area contributed by atoms with Crippen LogP contribution in [0.25, 0.3) is 0 Å². The van der Waals surface area contributed by atoms with Crippen LogP contribution in [-0.4, -0.2) is 15.7 Å². The number of benzene rings is 1. The van der Waals surface area contributed by atoms with E-state index in [9.17, 15) is 4.79 Å². The minimum atomic E-state index is -0.142. The molecule has 5 nitrogen and oxygen atoms in total. The molecule has 19 heavy (non-hydrogen) atoms. The summed E-state index contributed by atoms with van der Waals surface area (Å²) in [5.74, 6) is 0.383. The molecule has 0 aliphatic rings. The van der Waals surface area contributed by atoms with Gasteiger partial charge in [-0.1, -0.05) is 23.7 Å². The van der Waals surface area contributed by atoms with Crippen LogP contribution >= 0.6 is 11.6 Å². The molecule has 3 N–H and O–H groups in total. The molecular formula is C13H15ClN4O. The van der Waals surface area contributed by atoms with Gasteiger partial charge in [0, 0.05) is 12.1 Å². The largest absolute Gasteiger partial charge is 0.394 e. The Morgan fingerprint density at radius 2 is 2.05 bits per heavy atom. The highest BCUT2D eigenvalue weighted by Crippen LogP contribution is 2.21. The lowest BCUT2D eigenvalue weighted by Gasteiger charge is -2.06. The van der Waals surface area contributed by atoms with Crippen LogP contribution < -0.4 is 11.1 Å². The van der Waals surface area contributed by atoms with Gasteiger partial charge in [0.25, 0.3) is 0 Å². The van der Waals surface area contributed by atoms with E-state index >= 15 is 0 Å². The lowest BCUT2D eigenvalue weighted by molar-refractivity contribution is -0.115. The normalized spacial score (nSPS) is 10.5. The predicted octanol–water partition coefficient (Wildman–Crippen LogP) is 2.15. The van der Waals surface area contributed by atoms with Crippen molar-refractivity contribution in [1.82, 2.24) is 9.78 Å². The second-order valence-electron chi connectivity index (χ2n) is 4.32. The van der Waals surface area contributed by atoms with Crippen molar-refractivity contribution in [3.8, 4) is 0 Å². The number of halogens is 1. The SMILES string of the molecule is Cc1nn(C)c(NC(=O)Cc2ccc(Cl)cc2)c1N. The summed E-state index contributed by atoms with van der Waals surface area (Å²) < 4.78 is 1.56. The first kappa shape index (κ1) is 13.4. The smallest absolute Gasteiger partial charge is 0.229 e. The topological polar surface area (TPSA) is 72.9 Å². The number of nitrogens with zero attached hydrogens (tertiary/aromatic N) is 2. The molecule has 1 amide bonds. The number of aromatic nitrogens is 2. The van der Waals surface area contributed by atoms with E-state index < -0.39 is 0 Å². The Morgan fingerprint density at radius 3 is 2.58 bits per heavy atom. The number of amides is 1. The van der Waals surface area contributed by atoms with Crippen molar-refractivity contribution >= 4 is 29.0 Å². The number of hydrogen-bond acceptors (Lipinski definition) is 3. The summed E-state index contributed by atoms with van der Waals surface area (Å²) in [6.07, 6.45) is 0.265. The maximum atomic E-state index is 11.9. The second-order valence-corrected chi connectivity index (χ2v) is 4.76. The first-order chi connectivity index (χ1) is 8.97. The van der Waals surface area contributed by atoms with Crippen LogP contribution in [0.3, 0.4) is 0 Å². The van der Waals surface area contributed by atoms with E-state index in [0.29, 0.717) is 22.2 Å². The zero-order valence-corrected chi connectivity index (χ0v) is 11.5. The molecule has 0 aliphatic carbocycles. The number of rotatable bonds is 3. The van der Waals surface area contributed by atoms with E-state index in [4.69, 9.17) is 17.3 Å². The van der Waals surface area contributed by atoms with Crippen LogP contribution in [0.15, 0.2) is 24.3 Å². The molecule has 0 atom stereocenters. The van der Waals surface area contributed by atoms with Gasteiger partial charge in [-0.3, -0.25) is 9.48 Å². The van der Waals surface area contributed by atoms with E-state index in [-0.39, 0.29) is 12.3 Å². The van der Waals surface area contributed by atoms with Gasteiger partial charge in [0.1, 0.15) is 0 Å². The Bertz CT molecular complexity index is 604. The summed E-state index contributed by atoms with van der Waals surface area (Å²) in [6.45, 7) is 1.80. The first-order valence-electron chi connectivity index (χ1n) is 5.80. The Morgan fingerprint density at radius 1 is 1.42 bits per heavy atom. The molecular weight excluding hydrogens is 264 g/mol. The molecule has 0 saturated carbocycles. The molecule has 0 radical (unpaired) electrons. The number of carbonyl (C=O) groups is 1. The van der Waals surface area contributed by atoms with Crippen LogP contribution in [0.2, 0.25) is 5.02 Å². The Kier molecular flexibility index (Phi) is 3.76. The van der Waals surface area contributed by atoms with Crippen molar-refractivity contribution in [2.24, 2.45) is 7.05 Å². The molecule has 0 spiro atoms. The van der Waals surface area contributed by atoms with Crippen molar-refractivity contribution in [2.45, 2.75) is 13.3 Å². The molecule has 2 rings (SSSR count). The van der Waals surface area contributed by atoms with E-state index in [1.165, 1.54) is 0 Å². The second kappa shape index (κ2) is 5.32. The van der Waals surface area contributed by atoms with Crippen LogP contribution in [0.1, 0.15) is 11.3 Å². The average Bonchev–Trinajstić information content (AvgIpc) is 2.59. The molecule has 2 aromatic rings. The van der Waals surface area contributed by atoms with Crippen molar-refractivity contribution < 1.29 is 4.79 Å². The third-order valence-electron chi connectivity index (χ3n) is 2.80. The van der Waals surface area contributed by atoms with Crippen molar-refractivity contribution in [1.29, 1.82) is 0 Å². The highest BCUT2D eigenvalue weighted by molar-refractivity contribution is 6.30. The van der Waals surface area contributed by atoms with Crippen molar-refractivity contribution in [3.05, 3.63) is 40.5 Å². The Hall–Kier alpha value is -2.01. The zero-order valence-electron chi connectivity index (χ0n) is 10.8. The summed E-state index contributed by atoms with van der Waals surface area (Å²) in [5, 5.41) is 7.56. The van der Waals surface area contributed by atoms with Gasteiger partial charge in [0.2, 0.25) is 5.91 Å². The van der Waals surface area contributed by atoms with Gasteiger partial charge in [-0.2, -0.15) is 5.10 Å². The number of anilines is 2. The van der Waals surface area contributed by atoms with E-state index in [1.54, 1.807) is 30.8 Å². The third kappa shape index (κ3) is 3.06. The van der Waals surface area contributed by atoms with Gasteiger partial charge >= 0.3 is 0 Å². The van der Waals surface area contributed by atoms with Gasteiger partial charge in [-0.15, -0.1) is 0 Å². The maximum absolute atomic E-state index is 11.9.